The monoisotopic (exact) mass is 363 g/mol. The number of nitrogens with one attached hydrogen (secondary N) is 1. The third-order valence-corrected chi connectivity index (χ3v) is 3.52. The Labute approximate surface area is 152 Å². The summed E-state index contributed by atoms with van der Waals surface area (Å²) in [6, 6.07) is 5.51. The number of hydrogen-bond donors (Lipinski definition) is 1. The first-order valence-corrected chi connectivity index (χ1v) is 8.46. The Morgan fingerprint density at radius 1 is 1.19 bits per heavy atom. The smallest absolute Gasteiger partial charge is 0.308 e. The molecule has 0 unspecified atom stereocenters. The standard InChI is InChI=1S/C18H25N3O5/c1-12(2)25-9-5-8-19-17(22)18-21-20-16(26-18)11-13-6-7-14(23-3)15(10-13)24-4/h6-7,10,12H,5,8-9,11H2,1-4H3,(H,19,22). The van der Waals surface area contributed by atoms with Gasteiger partial charge in [-0.1, -0.05) is 6.07 Å². The molecule has 26 heavy (non-hydrogen) atoms. The Balaban J connectivity index is 1.88. The predicted octanol–water partition coefficient (Wildman–Crippen LogP) is 2.22. The largest absolute Gasteiger partial charge is 0.493 e. The van der Waals surface area contributed by atoms with E-state index in [1.54, 1.807) is 20.3 Å². The summed E-state index contributed by atoms with van der Waals surface area (Å²) in [5, 5.41) is 10.5. The van der Waals surface area contributed by atoms with Gasteiger partial charge >= 0.3 is 11.8 Å². The number of carbonyl (C=O) groups is 1. The van der Waals surface area contributed by atoms with Gasteiger partial charge in [-0.2, -0.15) is 0 Å². The molecule has 1 aromatic heterocycles. The van der Waals surface area contributed by atoms with Crippen molar-refractivity contribution in [1.29, 1.82) is 0 Å². The molecule has 8 heteroatoms. The number of carbonyl (C=O) groups excluding carboxylic acids is 1. The number of aromatic nitrogens is 2. The second-order valence-electron chi connectivity index (χ2n) is 5.90. The molecule has 0 fully saturated rings. The quantitative estimate of drug-likeness (QED) is 0.647. The van der Waals surface area contributed by atoms with Crippen LogP contribution in [0.2, 0.25) is 0 Å². The molecule has 0 saturated heterocycles. The van der Waals surface area contributed by atoms with E-state index in [2.05, 4.69) is 15.5 Å². The summed E-state index contributed by atoms with van der Waals surface area (Å²) in [4.78, 5) is 12.0. The van der Waals surface area contributed by atoms with Gasteiger partial charge in [0.2, 0.25) is 5.89 Å². The number of ether oxygens (including phenoxy) is 3. The molecule has 0 spiro atoms. The van der Waals surface area contributed by atoms with Crippen LogP contribution < -0.4 is 14.8 Å². The summed E-state index contributed by atoms with van der Waals surface area (Å²) < 4.78 is 21.3. The topological polar surface area (TPSA) is 95.7 Å². The fraction of sp³-hybridized carbons (Fsp3) is 0.500. The zero-order valence-electron chi connectivity index (χ0n) is 15.6. The average Bonchev–Trinajstić information content (AvgIpc) is 3.09. The highest BCUT2D eigenvalue weighted by molar-refractivity contribution is 5.89. The molecule has 0 bridgehead atoms. The molecule has 0 aliphatic rings. The van der Waals surface area contributed by atoms with Gasteiger partial charge in [0.15, 0.2) is 11.5 Å². The van der Waals surface area contributed by atoms with Crippen molar-refractivity contribution in [2.45, 2.75) is 32.8 Å². The molecule has 0 aliphatic carbocycles. The number of amides is 1. The molecule has 2 rings (SSSR count). The fourth-order valence-electron chi connectivity index (χ4n) is 2.25. The van der Waals surface area contributed by atoms with Crippen LogP contribution in [-0.4, -0.2) is 49.6 Å². The maximum atomic E-state index is 12.0. The molecule has 1 amide bonds. The minimum atomic E-state index is -0.388. The van der Waals surface area contributed by atoms with Gasteiger partial charge in [0.05, 0.1) is 26.7 Å². The number of hydrogen-bond acceptors (Lipinski definition) is 7. The first kappa shape index (κ1) is 19.7. The third kappa shape index (κ3) is 5.73. The predicted molar refractivity (Wildman–Crippen MR) is 94.7 cm³/mol. The maximum Gasteiger partial charge on any atom is 0.308 e. The lowest BCUT2D eigenvalue weighted by molar-refractivity contribution is 0.0752. The minimum Gasteiger partial charge on any atom is -0.493 e. The number of benzene rings is 1. The summed E-state index contributed by atoms with van der Waals surface area (Å²) >= 11 is 0. The summed E-state index contributed by atoms with van der Waals surface area (Å²) in [6.45, 7) is 5.01. The van der Waals surface area contributed by atoms with E-state index in [-0.39, 0.29) is 17.9 Å². The first-order chi connectivity index (χ1) is 12.5. The van der Waals surface area contributed by atoms with Crippen molar-refractivity contribution in [2.75, 3.05) is 27.4 Å². The molecule has 8 nitrogen and oxygen atoms in total. The second kappa shape index (κ2) is 9.76. The Hall–Kier alpha value is -2.61. The van der Waals surface area contributed by atoms with Gasteiger partial charge in [-0.25, -0.2) is 0 Å². The van der Waals surface area contributed by atoms with Crippen LogP contribution in [-0.2, 0) is 11.2 Å². The Kier molecular flexibility index (Phi) is 7.40. The summed E-state index contributed by atoms with van der Waals surface area (Å²) in [5.74, 6) is 1.17. The van der Waals surface area contributed by atoms with Gasteiger partial charge in [-0.05, 0) is 38.0 Å². The zero-order chi connectivity index (χ0) is 18.9. The number of rotatable bonds is 10. The lowest BCUT2D eigenvalue weighted by Gasteiger charge is -2.08. The van der Waals surface area contributed by atoms with Crippen molar-refractivity contribution < 1.29 is 23.4 Å². The normalized spacial score (nSPS) is 10.8. The van der Waals surface area contributed by atoms with E-state index in [0.29, 0.717) is 37.0 Å². The van der Waals surface area contributed by atoms with Gasteiger partial charge < -0.3 is 23.9 Å². The Bertz CT molecular complexity index is 715. The second-order valence-corrected chi connectivity index (χ2v) is 5.90. The van der Waals surface area contributed by atoms with E-state index in [9.17, 15) is 4.79 Å². The van der Waals surface area contributed by atoms with Crippen LogP contribution in [0.4, 0.5) is 0 Å². The van der Waals surface area contributed by atoms with E-state index in [1.165, 1.54) is 0 Å². The van der Waals surface area contributed by atoms with Gasteiger partial charge in [0, 0.05) is 13.2 Å². The van der Waals surface area contributed by atoms with Gasteiger partial charge in [0.25, 0.3) is 0 Å². The summed E-state index contributed by atoms with van der Waals surface area (Å²) in [7, 11) is 3.15. The highest BCUT2D eigenvalue weighted by Crippen LogP contribution is 2.28. The molecule has 0 saturated carbocycles. The van der Waals surface area contributed by atoms with Crippen molar-refractivity contribution in [2.24, 2.45) is 0 Å². The minimum absolute atomic E-state index is 0.0507. The van der Waals surface area contributed by atoms with E-state index in [0.717, 1.165) is 12.0 Å². The van der Waals surface area contributed by atoms with Crippen molar-refractivity contribution in [1.82, 2.24) is 15.5 Å². The van der Waals surface area contributed by atoms with E-state index in [4.69, 9.17) is 18.6 Å². The zero-order valence-corrected chi connectivity index (χ0v) is 15.6. The summed E-state index contributed by atoms with van der Waals surface area (Å²) in [6.07, 6.45) is 1.29. The lowest BCUT2D eigenvalue weighted by Crippen LogP contribution is -2.25. The molecule has 1 N–H and O–H groups in total. The van der Waals surface area contributed by atoms with Crippen molar-refractivity contribution in [3.8, 4) is 11.5 Å². The molecule has 1 aromatic carbocycles. The van der Waals surface area contributed by atoms with Crippen molar-refractivity contribution >= 4 is 5.91 Å². The van der Waals surface area contributed by atoms with Crippen LogP contribution in [0.5, 0.6) is 11.5 Å². The molecular weight excluding hydrogens is 338 g/mol. The highest BCUT2D eigenvalue weighted by Gasteiger charge is 2.15. The van der Waals surface area contributed by atoms with Gasteiger partial charge in [0.1, 0.15) is 0 Å². The van der Waals surface area contributed by atoms with Crippen LogP contribution in [0.1, 0.15) is 42.4 Å². The molecule has 1 heterocycles. The van der Waals surface area contributed by atoms with Crippen molar-refractivity contribution in [3.05, 3.63) is 35.5 Å². The maximum absolute atomic E-state index is 12.0. The van der Waals surface area contributed by atoms with Gasteiger partial charge in [-0.3, -0.25) is 4.79 Å². The molecule has 0 radical (unpaired) electrons. The average molecular weight is 363 g/mol. The molecule has 2 aromatic rings. The number of methoxy groups -OCH3 is 2. The molecule has 0 aliphatic heterocycles. The lowest BCUT2D eigenvalue weighted by atomic mass is 10.1. The number of nitrogens with zero attached hydrogens (tertiary/aromatic N) is 2. The first-order valence-electron chi connectivity index (χ1n) is 8.46. The van der Waals surface area contributed by atoms with Crippen LogP contribution in [0.25, 0.3) is 0 Å². The Morgan fingerprint density at radius 2 is 1.96 bits per heavy atom. The van der Waals surface area contributed by atoms with Crippen molar-refractivity contribution in [3.63, 3.8) is 0 Å². The SMILES string of the molecule is COc1ccc(Cc2nnc(C(=O)NCCCOC(C)C)o2)cc1OC. The van der Waals surface area contributed by atoms with Crippen LogP contribution in [0, 0.1) is 0 Å². The van der Waals surface area contributed by atoms with E-state index < -0.39 is 0 Å². The van der Waals surface area contributed by atoms with E-state index >= 15 is 0 Å². The third-order valence-electron chi connectivity index (χ3n) is 3.52. The molecule has 142 valence electrons. The summed E-state index contributed by atoms with van der Waals surface area (Å²) in [5.41, 5.74) is 0.907. The van der Waals surface area contributed by atoms with Gasteiger partial charge in [-0.15, -0.1) is 10.2 Å². The van der Waals surface area contributed by atoms with Crippen LogP contribution in [0.3, 0.4) is 0 Å². The van der Waals surface area contributed by atoms with E-state index in [1.807, 2.05) is 26.0 Å². The van der Waals surface area contributed by atoms with Crippen LogP contribution in [0.15, 0.2) is 22.6 Å². The molecular formula is C18H25N3O5. The highest BCUT2D eigenvalue weighted by atomic mass is 16.5. The molecule has 0 atom stereocenters. The fourth-order valence-corrected chi connectivity index (χ4v) is 2.25. The van der Waals surface area contributed by atoms with Crippen LogP contribution >= 0.6 is 0 Å². The Morgan fingerprint density at radius 3 is 2.65 bits per heavy atom.